The van der Waals surface area contributed by atoms with E-state index >= 15 is 0 Å². The quantitative estimate of drug-likeness (QED) is 0.390. The van der Waals surface area contributed by atoms with Crippen molar-refractivity contribution in [2.24, 2.45) is 0 Å². The third kappa shape index (κ3) is 7.43. The summed E-state index contributed by atoms with van der Waals surface area (Å²) in [6.07, 6.45) is 3.62. The molecule has 7 nitrogen and oxygen atoms in total. The van der Waals surface area contributed by atoms with Crippen LogP contribution < -0.4 is 15.4 Å². The number of hydrogen-bond donors (Lipinski definition) is 3. The largest absolute Gasteiger partial charge is 0.496 e. The molecule has 0 fully saturated rings. The number of carbonyl (C=O) groups excluding carboxylic acids is 2. The van der Waals surface area contributed by atoms with E-state index in [0.717, 1.165) is 5.56 Å². The fourth-order valence-corrected chi connectivity index (χ4v) is 2.77. The summed E-state index contributed by atoms with van der Waals surface area (Å²) in [5.74, 6) is -1.29. The summed E-state index contributed by atoms with van der Waals surface area (Å²) in [5.41, 5.74) is 1.20. The van der Waals surface area contributed by atoms with Crippen molar-refractivity contribution in [3.63, 3.8) is 0 Å². The lowest BCUT2D eigenvalue weighted by atomic mass is 10.1. The molecule has 30 heavy (non-hydrogen) atoms. The molecule has 0 aliphatic rings. The van der Waals surface area contributed by atoms with E-state index in [9.17, 15) is 14.4 Å². The Morgan fingerprint density at radius 1 is 0.967 bits per heavy atom. The lowest BCUT2D eigenvalue weighted by Crippen LogP contribution is -2.35. The average Bonchev–Trinajstić information content (AvgIpc) is 2.75. The molecule has 2 rings (SSSR count). The molecular formula is C23H26N2O5. The monoisotopic (exact) mass is 410 g/mol. The van der Waals surface area contributed by atoms with Gasteiger partial charge in [0, 0.05) is 13.0 Å². The molecule has 0 bridgehead atoms. The van der Waals surface area contributed by atoms with E-state index < -0.39 is 17.8 Å². The molecule has 0 heterocycles. The number of rotatable bonds is 11. The van der Waals surface area contributed by atoms with E-state index in [4.69, 9.17) is 9.84 Å². The number of aliphatic carboxylic acids is 1. The van der Waals surface area contributed by atoms with E-state index in [-0.39, 0.29) is 12.1 Å². The average molecular weight is 410 g/mol. The number of ether oxygens (including phenoxy) is 1. The van der Waals surface area contributed by atoms with Crippen LogP contribution in [-0.4, -0.2) is 36.5 Å². The van der Waals surface area contributed by atoms with Crippen molar-refractivity contribution in [2.45, 2.75) is 25.7 Å². The summed E-state index contributed by atoms with van der Waals surface area (Å²) in [7, 11) is 1.48. The van der Waals surface area contributed by atoms with Crippen molar-refractivity contribution in [3.05, 3.63) is 71.4 Å². The summed E-state index contributed by atoms with van der Waals surface area (Å²) >= 11 is 0. The van der Waals surface area contributed by atoms with Crippen LogP contribution >= 0.6 is 0 Å². The van der Waals surface area contributed by atoms with E-state index in [1.54, 1.807) is 30.3 Å². The Kier molecular flexibility index (Phi) is 9.12. The van der Waals surface area contributed by atoms with Crippen LogP contribution in [0.1, 0.15) is 41.6 Å². The zero-order chi connectivity index (χ0) is 21.8. The fourth-order valence-electron chi connectivity index (χ4n) is 2.77. The van der Waals surface area contributed by atoms with E-state index in [2.05, 4.69) is 10.6 Å². The van der Waals surface area contributed by atoms with Gasteiger partial charge >= 0.3 is 5.97 Å². The van der Waals surface area contributed by atoms with Crippen LogP contribution in [0.4, 0.5) is 0 Å². The van der Waals surface area contributed by atoms with Crippen molar-refractivity contribution in [2.75, 3.05) is 13.7 Å². The second-order valence-corrected chi connectivity index (χ2v) is 6.58. The van der Waals surface area contributed by atoms with Crippen molar-refractivity contribution >= 4 is 23.9 Å². The highest BCUT2D eigenvalue weighted by Gasteiger charge is 2.17. The molecular weight excluding hydrogens is 384 g/mol. The maximum Gasteiger partial charge on any atom is 0.303 e. The molecule has 0 spiro atoms. The molecule has 0 radical (unpaired) electrons. The number of amides is 2. The second kappa shape index (κ2) is 12.1. The van der Waals surface area contributed by atoms with Crippen LogP contribution in [0, 0.1) is 0 Å². The van der Waals surface area contributed by atoms with Crippen molar-refractivity contribution in [1.29, 1.82) is 0 Å². The lowest BCUT2D eigenvalue weighted by Gasteiger charge is -2.13. The summed E-state index contributed by atoms with van der Waals surface area (Å²) < 4.78 is 5.22. The second-order valence-electron chi connectivity index (χ2n) is 6.58. The minimum atomic E-state index is -0.828. The van der Waals surface area contributed by atoms with Crippen LogP contribution in [0.2, 0.25) is 0 Å². The minimum absolute atomic E-state index is 0.113. The SMILES string of the molecule is COc1ccccc1C(=O)NC(=Cc1ccccc1)C(=O)NCCCCCC(=O)O. The first kappa shape index (κ1) is 22.7. The van der Waals surface area contributed by atoms with Gasteiger partial charge < -0.3 is 20.5 Å². The Morgan fingerprint density at radius 2 is 1.67 bits per heavy atom. The Hall–Kier alpha value is -3.61. The van der Waals surface area contributed by atoms with E-state index in [0.29, 0.717) is 37.1 Å². The van der Waals surface area contributed by atoms with Crippen molar-refractivity contribution < 1.29 is 24.2 Å². The first-order valence-electron chi connectivity index (χ1n) is 9.72. The van der Waals surface area contributed by atoms with Gasteiger partial charge in [-0.25, -0.2) is 0 Å². The molecule has 0 saturated heterocycles. The van der Waals surface area contributed by atoms with Gasteiger partial charge in [0.2, 0.25) is 0 Å². The summed E-state index contributed by atoms with van der Waals surface area (Å²) in [6.45, 7) is 0.384. The first-order valence-corrected chi connectivity index (χ1v) is 9.72. The lowest BCUT2D eigenvalue weighted by molar-refractivity contribution is -0.137. The Labute approximate surface area is 175 Å². The number of benzene rings is 2. The Bertz CT molecular complexity index is 893. The summed E-state index contributed by atoms with van der Waals surface area (Å²) in [5, 5.41) is 14.1. The molecule has 0 aliphatic carbocycles. The van der Waals surface area contributed by atoms with Gasteiger partial charge in [0.05, 0.1) is 12.7 Å². The molecule has 2 aromatic carbocycles. The first-order chi connectivity index (χ1) is 14.5. The number of unbranched alkanes of at least 4 members (excludes halogenated alkanes) is 2. The van der Waals surface area contributed by atoms with E-state index in [1.807, 2.05) is 30.3 Å². The van der Waals surface area contributed by atoms with Crippen LogP contribution in [0.15, 0.2) is 60.3 Å². The zero-order valence-corrected chi connectivity index (χ0v) is 16.9. The van der Waals surface area contributed by atoms with Gasteiger partial charge in [-0.15, -0.1) is 0 Å². The van der Waals surface area contributed by atoms with Crippen LogP contribution in [0.3, 0.4) is 0 Å². The van der Waals surface area contributed by atoms with Gasteiger partial charge in [-0.05, 0) is 36.6 Å². The standard InChI is InChI=1S/C23H26N2O5/c1-30-20-13-8-7-12-18(20)22(28)25-19(16-17-10-4-2-5-11-17)23(29)24-15-9-3-6-14-21(26)27/h2,4-5,7-8,10-13,16H,3,6,9,14-15H2,1H3,(H,24,29)(H,25,28)(H,26,27). The normalized spacial score (nSPS) is 10.9. The van der Waals surface area contributed by atoms with Crippen LogP contribution in [0.25, 0.3) is 6.08 Å². The van der Waals surface area contributed by atoms with Gasteiger partial charge in [0.1, 0.15) is 11.4 Å². The third-order valence-electron chi connectivity index (χ3n) is 4.31. The molecule has 0 atom stereocenters. The number of para-hydroxylation sites is 1. The van der Waals surface area contributed by atoms with Gasteiger partial charge in [0.15, 0.2) is 0 Å². The number of nitrogens with one attached hydrogen (secondary N) is 2. The van der Waals surface area contributed by atoms with Crippen molar-refractivity contribution in [1.82, 2.24) is 10.6 Å². The molecule has 7 heteroatoms. The molecule has 2 amide bonds. The number of carboxylic acid groups (broad SMARTS) is 1. The Balaban J connectivity index is 2.07. The molecule has 3 N–H and O–H groups in total. The number of carbonyl (C=O) groups is 3. The van der Waals surface area contributed by atoms with Gasteiger partial charge in [-0.2, -0.15) is 0 Å². The highest BCUT2D eigenvalue weighted by atomic mass is 16.5. The van der Waals surface area contributed by atoms with Gasteiger partial charge in [-0.3, -0.25) is 14.4 Å². The maximum atomic E-state index is 12.7. The summed E-state index contributed by atoms with van der Waals surface area (Å²) in [4.78, 5) is 36.0. The predicted octanol–water partition coefficient (Wildman–Crippen LogP) is 3.23. The highest BCUT2D eigenvalue weighted by Crippen LogP contribution is 2.17. The summed E-state index contributed by atoms with van der Waals surface area (Å²) in [6, 6.07) is 16.0. The maximum absolute atomic E-state index is 12.7. The molecule has 158 valence electrons. The number of hydrogen-bond acceptors (Lipinski definition) is 4. The molecule has 2 aromatic rings. The van der Waals surface area contributed by atoms with Crippen LogP contribution in [0.5, 0.6) is 5.75 Å². The molecule has 0 aliphatic heterocycles. The van der Waals surface area contributed by atoms with Crippen LogP contribution in [-0.2, 0) is 9.59 Å². The predicted molar refractivity (Wildman–Crippen MR) is 114 cm³/mol. The molecule has 0 aromatic heterocycles. The topological polar surface area (TPSA) is 105 Å². The Morgan fingerprint density at radius 3 is 2.37 bits per heavy atom. The van der Waals surface area contributed by atoms with Crippen molar-refractivity contribution in [3.8, 4) is 5.75 Å². The fraction of sp³-hybridized carbons (Fsp3) is 0.261. The third-order valence-corrected chi connectivity index (χ3v) is 4.31. The zero-order valence-electron chi connectivity index (χ0n) is 16.9. The number of carboxylic acids is 1. The van der Waals surface area contributed by atoms with E-state index in [1.165, 1.54) is 7.11 Å². The van der Waals surface area contributed by atoms with Gasteiger partial charge in [-0.1, -0.05) is 48.9 Å². The molecule has 0 unspecified atom stereocenters. The minimum Gasteiger partial charge on any atom is -0.496 e. The highest BCUT2D eigenvalue weighted by molar-refractivity contribution is 6.06. The molecule has 0 saturated carbocycles. The number of methoxy groups -OCH3 is 1. The smallest absolute Gasteiger partial charge is 0.303 e. The van der Waals surface area contributed by atoms with Gasteiger partial charge in [0.25, 0.3) is 11.8 Å².